The number of ether oxygens (including phenoxy) is 2. The van der Waals surface area contributed by atoms with Crippen LogP contribution >= 0.6 is 0 Å². The van der Waals surface area contributed by atoms with Gasteiger partial charge in [-0.2, -0.15) is 0 Å². The SMILES string of the molecule is CNCc1cnc(C)cc1OCc1ccc(OC)cc1. The van der Waals surface area contributed by atoms with Crippen molar-refractivity contribution in [1.82, 2.24) is 10.3 Å². The van der Waals surface area contributed by atoms with E-state index in [4.69, 9.17) is 9.47 Å². The highest BCUT2D eigenvalue weighted by molar-refractivity contribution is 5.33. The quantitative estimate of drug-likeness (QED) is 0.878. The second-order valence-electron chi connectivity index (χ2n) is 4.60. The lowest BCUT2D eigenvalue weighted by Crippen LogP contribution is -2.08. The number of nitrogens with one attached hydrogen (secondary N) is 1. The van der Waals surface area contributed by atoms with Gasteiger partial charge < -0.3 is 14.8 Å². The number of hydrogen-bond acceptors (Lipinski definition) is 4. The molecule has 1 aromatic carbocycles. The number of rotatable bonds is 6. The van der Waals surface area contributed by atoms with Gasteiger partial charge in [-0.15, -0.1) is 0 Å². The van der Waals surface area contributed by atoms with Crippen LogP contribution in [-0.4, -0.2) is 19.1 Å². The maximum Gasteiger partial charge on any atom is 0.127 e. The Kier molecular flexibility index (Phi) is 4.96. The molecule has 106 valence electrons. The molecular formula is C16H20N2O2. The van der Waals surface area contributed by atoms with E-state index in [1.807, 2.05) is 50.5 Å². The lowest BCUT2D eigenvalue weighted by molar-refractivity contribution is 0.301. The van der Waals surface area contributed by atoms with E-state index in [-0.39, 0.29) is 0 Å². The summed E-state index contributed by atoms with van der Waals surface area (Å²) in [6.45, 7) is 3.23. The molecule has 0 fully saturated rings. The highest BCUT2D eigenvalue weighted by Crippen LogP contribution is 2.20. The highest BCUT2D eigenvalue weighted by Gasteiger charge is 2.05. The number of aryl methyl sites for hydroxylation is 1. The summed E-state index contributed by atoms with van der Waals surface area (Å²) >= 11 is 0. The van der Waals surface area contributed by atoms with E-state index >= 15 is 0 Å². The van der Waals surface area contributed by atoms with E-state index in [1.165, 1.54) is 0 Å². The molecule has 0 aliphatic heterocycles. The smallest absolute Gasteiger partial charge is 0.127 e. The van der Waals surface area contributed by atoms with Gasteiger partial charge in [-0.1, -0.05) is 12.1 Å². The Balaban J connectivity index is 2.07. The van der Waals surface area contributed by atoms with Crippen LogP contribution in [0.3, 0.4) is 0 Å². The van der Waals surface area contributed by atoms with Crippen LogP contribution in [0.1, 0.15) is 16.8 Å². The van der Waals surface area contributed by atoms with Crippen LogP contribution in [0.25, 0.3) is 0 Å². The summed E-state index contributed by atoms with van der Waals surface area (Å²) in [5.41, 5.74) is 3.12. The van der Waals surface area contributed by atoms with Gasteiger partial charge in [0, 0.05) is 30.1 Å². The first kappa shape index (κ1) is 14.3. The van der Waals surface area contributed by atoms with Crippen LogP contribution in [0.4, 0.5) is 0 Å². The summed E-state index contributed by atoms with van der Waals surface area (Å²) < 4.78 is 11.1. The summed E-state index contributed by atoms with van der Waals surface area (Å²) in [5.74, 6) is 1.73. The Morgan fingerprint density at radius 1 is 1.20 bits per heavy atom. The van der Waals surface area contributed by atoms with Gasteiger partial charge >= 0.3 is 0 Å². The molecule has 4 heteroatoms. The van der Waals surface area contributed by atoms with Gasteiger partial charge in [0.05, 0.1) is 7.11 Å². The van der Waals surface area contributed by atoms with Crippen molar-refractivity contribution in [3.05, 3.63) is 53.3 Å². The molecule has 4 nitrogen and oxygen atoms in total. The van der Waals surface area contributed by atoms with Crippen molar-refractivity contribution in [2.75, 3.05) is 14.2 Å². The van der Waals surface area contributed by atoms with Crippen LogP contribution in [0.15, 0.2) is 36.5 Å². The van der Waals surface area contributed by atoms with Gasteiger partial charge in [0.1, 0.15) is 18.1 Å². The molecule has 1 N–H and O–H groups in total. The van der Waals surface area contributed by atoms with Gasteiger partial charge in [0.15, 0.2) is 0 Å². The number of aromatic nitrogens is 1. The van der Waals surface area contributed by atoms with E-state index in [0.717, 1.165) is 34.9 Å². The van der Waals surface area contributed by atoms with Crippen molar-refractivity contribution in [3.63, 3.8) is 0 Å². The van der Waals surface area contributed by atoms with E-state index in [9.17, 15) is 0 Å². The highest BCUT2D eigenvalue weighted by atomic mass is 16.5. The van der Waals surface area contributed by atoms with E-state index in [1.54, 1.807) is 7.11 Å². The Bertz CT molecular complexity index is 553. The third-order valence-corrected chi connectivity index (χ3v) is 3.00. The van der Waals surface area contributed by atoms with Crippen molar-refractivity contribution in [2.24, 2.45) is 0 Å². The molecule has 0 saturated carbocycles. The van der Waals surface area contributed by atoms with Crippen molar-refractivity contribution in [2.45, 2.75) is 20.1 Å². The van der Waals surface area contributed by atoms with Gasteiger partial charge in [0.2, 0.25) is 0 Å². The molecule has 0 radical (unpaired) electrons. The number of hydrogen-bond donors (Lipinski definition) is 1. The fraction of sp³-hybridized carbons (Fsp3) is 0.312. The molecule has 1 aromatic heterocycles. The average molecular weight is 272 g/mol. The molecule has 2 aromatic rings. The van der Waals surface area contributed by atoms with Crippen molar-refractivity contribution < 1.29 is 9.47 Å². The molecule has 0 amide bonds. The molecule has 0 bridgehead atoms. The Labute approximate surface area is 119 Å². The summed E-state index contributed by atoms with van der Waals surface area (Å²) in [7, 11) is 3.57. The standard InChI is InChI=1S/C16H20N2O2/c1-12-8-16(14(9-17-2)10-18-12)20-11-13-4-6-15(19-3)7-5-13/h4-8,10,17H,9,11H2,1-3H3. The molecule has 1 heterocycles. The van der Waals surface area contributed by atoms with Crippen LogP contribution in [0.2, 0.25) is 0 Å². The minimum Gasteiger partial charge on any atom is -0.497 e. The predicted molar refractivity (Wildman–Crippen MR) is 79.1 cm³/mol. The summed E-state index contributed by atoms with van der Waals surface area (Å²) in [6, 6.07) is 9.85. The minimum atomic E-state index is 0.532. The van der Waals surface area contributed by atoms with Crippen LogP contribution in [-0.2, 0) is 13.2 Å². The van der Waals surface area contributed by atoms with Crippen LogP contribution in [0, 0.1) is 6.92 Å². The van der Waals surface area contributed by atoms with E-state index < -0.39 is 0 Å². The van der Waals surface area contributed by atoms with Crippen LogP contribution < -0.4 is 14.8 Å². The number of pyridine rings is 1. The Morgan fingerprint density at radius 3 is 2.60 bits per heavy atom. The summed E-state index contributed by atoms with van der Waals surface area (Å²) in [5, 5.41) is 3.12. The molecule has 0 spiro atoms. The van der Waals surface area contributed by atoms with Crippen LogP contribution in [0.5, 0.6) is 11.5 Å². The summed E-state index contributed by atoms with van der Waals surface area (Å²) in [4.78, 5) is 4.30. The van der Waals surface area contributed by atoms with Gasteiger partial charge in [-0.05, 0) is 31.7 Å². The molecule has 20 heavy (non-hydrogen) atoms. The normalized spacial score (nSPS) is 10.3. The predicted octanol–water partition coefficient (Wildman–Crippen LogP) is 2.70. The number of nitrogens with zero attached hydrogens (tertiary/aromatic N) is 1. The fourth-order valence-electron chi connectivity index (χ4n) is 1.90. The Hall–Kier alpha value is -2.07. The molecule has 0 atom stereocenters. The second-order valence-corrected chi connectivity index (χ2v) is 4.60. The zero-order valence-electron chi connectivity index (χ0n) is 12.1. The zero-order chi connectivity index (χ0) is 14.4. The van der Waals surface area contributed by atoms with E-state index in [0.29, 0.717) is 6.61 Å². The number of methoxy groups -OCH3 is 1. The molecule has 0 aliphatic carbocycles. The molecular weight excluding hydrogens is 252 g/mol. The summed E-state index contributed by atoms with van der Waals surface area (Å²) in [6.07, 6.45) is 1.86. The average Bonchev–Trinajstić information content (AvgIpc) is 2.48. The first-order chi connectivity index (χ1) is 9.72. The lowest BCUT2D eigenvalue weighted by Gasteiger charge is -2.12. The third-order valence-electron chi connectivity index (χ3n) is 3.00. The Morgan fingerprint density at radius 2 is 1.95 bits per heavy atom. The van der Waals surface area contributed by atoms with Crippen molar-refractivity contribution in [3.8, 4) is 11.5 Å². The van der Waals surface area contributed by atoms with Gasteiger partial charge in [-0.25, -0.2) is 0 Å². The first-order valence-corrected chi connectivity index (χ1v) is 6.59. The molecule has 2 rings (SSSR count). The first-order valence-electron chi connectivity index (χ1n) is 6.59. The maximum absolute atomic E-state index is 5.91. The van der Waals surface area contributed by atoms with Crippen molar-refractivity contribution in [1.29, 1.82) is 0 Å². The third kappa shape index (κ3) is 3.71. The van der Waals surface area contributed by atoms with Crippen molar-refractivity contribution >= 4 is 0 Å². The van der Waals surface area contributed by atoms with Gasteiger partial charge in [0.25, 0.3) is 0 Å². The van der Waals surface area contributed by atoms with E-state index in [2.05, 4.69) is 10.3 Å². The minimum absolute atomic E-state index is 0.532. The second kappa shape index (κ2) is 6.91. The monoisotopic (exact) mass is 272 g/mol. The maximum atomic E-state index is 5.91. The molecule has 0 unspecified atom stereocenters. The zero-order valence-corrected chi connectivity index (χ0v) is 12.1. The lowest BCUT2D eigenvalue weighted by atomic mass is 10.2. The largest absolute Gasteiger partial charge is 0.497 e. The number of benzene rings is 1. The van der Waals surface area contributed by atoms with Gasteiger partial charge in [-0.3, -0.25) is 4.98 Å². The molecule has 0 aliphatic rings. The topological polar surface area (TPSA) is 43.4 Å². The fourth-order valence-corrected chi connectivity index (χ4v) is 1.90. The molecule has 0 saturated heterocycles.